The van der Waals surface area contributed by atoms with Crippen LogP contribution in [0.3, 0.4) is 0 Å². The fourth-order valence-electron chi connectivity index (χ4n) is 3.66. The highest BCUT2D eigenvalue weighted by molar-refractivity contribution is 7.99. The van der Waals surface area contributed by atoms with Crippen LogP contribution < -0.4 is 11.1 Å². The lowest BCUT2D eigenvalue weighted by atomic mass is 9.54. The molecule has 1 amide bonds. The topological polar surface area (TPSA) is 64.3 Å². The molecule has 0 aromatic carbocycles. The van der Waals surface area contributed by atoms with Crippen molar-refractivity contribution in [3.63, 3.8) is 0 Å². The number of nitrogens with two attached hydrogens (primary N) is 1. The zero-order valence-electron chi connectivity index (χ0n) is 13.8. The van der Waals surface area contributed by atoms with Crippen LogP contribution in [0.2, 0.25) is 0 Å². The molecule has 0 spiro atoms. The van der Waals surface area contributed by atoms with E-state index in [1.165, 1.54) is 19.3 Å². The van der Waals surface area contributed by atoms with E-state index in [4.69, 9.17) is 10.5 Å². The molecule has 0 radical (unpaired) electrons. The predicted molar refractivity (Wildman–Crippen MR) is 88.4 cm³/mol. The summed E-state index contributed by atoms with van der Waals surface area (Å²) in [7, 11) is 0. The number of ether oxygens (including phenoxy) is 1. The van der Waals surface area contributed by atoms with E-state index in [-0.39, 0.29) is 23.5 Å². The lowest BCUT2D eigenvalue weighted by molar-refractivity contribution is -0.171. The third-order valence-corrected chi connectivity index (χ3v) is 6.73. The number of carbonyl (C=O) groups is 1. The highest BCUT2D eigenvalue weighted by atomic mass is 32.2. The first-order valence-corrected chi connectivity index (χ1v) is 9.40. The number of amides is 1. The number of carbonyl (C=O) groups excluding carboxylic acids is 1. The van der Waals surface area contributed by atoms with Gasteiger partial charge in [-0.15, -0.1) is 0 Å². The summed E-state index contributed by atoms with van der Waals surface area (Å²) in [6.07, 6.45) is 7.56. The van der Waals surface area contributed by atoms with Crippen LogP contribution in [-0.2, 0) is 9.53 Å². The van der Waals surface area contributed by atoms with Gasteiger partial charge in [0.15, 0.2) is 0 Å². The van der Waals surface area contributed by atoms with Gasteiger partial charge >= 0.3 is 0 Å². The van der Waals surface area contributed by atoms with E-state index in [9.17, 15) is 4.79 Å². The van der Waals surface area contributed by atoms with E-state index in [2.05, 4.69) is 11.6 Å². The molecule has 2 aliphatic rings. The SMILES string of the molecule is CCOC1CC(N)(C(=O)NC2CCCCC2SC)C1(C)C. The zero-order chi connectivity index (χ0) is 15.7. The maximum absolute atomic E-state index is 12.7. The minimum Gasteiger partial charge on any atom is -0.378 e. The van der Waals surface area contributed by atoms with Gasteiger partial charge in [-0.3, -0.25) is 4.79 Å². The third-order valence-electron chi connectivity index (χ3n) is 5.56. The van der Waals surface area contributed by atoms with Crippen molar-refractivity contribution in [3.05, 3.63) is 0 Å². The molecule has 2 saturated carbocycles. The van der Waals surface area contributed by atoms with Gasteiger partial charge in [0.1, 0.15) is 5.54 Å². The van der Waals surface area contributed by atoms with Gasteiger partial charge in [0.25, 0.3) is 0 Å². The quantitative estimate of drug-likeness (QED) is 0.817. The molecule has 0 heterocycles. The molecule has 2 aliphatic carbocycles. The van der Waals surface area contributed by atoms with Gasteiger partial charge in [0.05, 0.1) is 6.10 Å². The highest BCUT2D eigenvalue weighted by Gasteiger charge is 2.63. The molecular formula is C16H30N2O2S. The molecular weight excluding hydrogens is 284 g/mol. The largest absolute Gasteiger partial charge is 0.378 e. The van der Waals surface area contributed by atoms with Crippen LogP contribution in [0, 0.1) is 5.41 Å². The first-order chi connectivity index (χ1) is 9.86. The molecule has 2 fully saturated rings. The second kappa shape index (κ2) is 6.47. The molecule has 122 valence electrons. The molecule has 0 saturated heterocycles. The smallest absolute Gasteiger partial charge is 0.241 e. The van der Waals surface area contributed by atoms with E-state index in [0.29, 0.717) is 18.3 Å². The normalized spacial score (nSPS) is 38.6. The fraction of sp³-hybridized carbons (Fsp3) is 0.938. The Balaban J connectivity index is 2.00. The van der Waals surface area contributed by atoms with Crippen LogP contribution in [0.25, 0.3) is 0 Å². The first-order valence-electron chi connectivity index (χ1n) is 8.11. The molecule has 5 heteroatoms. The molecule has 3 N–H and O–H groups in total. The van der Waals surface area contributed by atoms with Gasteiger partial charge in [-0.05, 0) is 26.0 Å². The number of nitrogens with one attached hydrogen (secondary N) is 1. The molecule has 0 aliphatic heterocycles. The molecule has 4 unspecified atom stereocenters. The van der Waals surface area contributed by atoms with E-state index in [1.807, 2.05) is 32.5 Å². The van der Waals surface area contributed by atoms with Gasteiger partial charge in [-0.25, -0.2) is 0 Å². The van der Waals surface area contributed by atoms with Gasteiger partial charge in [-0.2, -0.15) is 11.8 Å². The fourth-order valence-corrected chi connectivity index (χ4v) is 4.60. The number of hydrogen-bond acceptors (Lipinski definition) is 4. The Kier molecular flexibility index (Phi) is 5.27. The van der Waals surface area contributed by atoms with Crippen LogP contribution in [0.4, 0.5) is 0 Å². The minimum atomic E-state index is -0.798. The van der Waals surface area contributed by atoms with E-state index in [1.54, 1.807) is 0 Å². The first kappa shape index (κ1) is 17.1. The Bertz CT molecular complexity index is 388. The highest BCUT2D eigenvalue weighted by Crippen LogP contribution is 2.50. The van der Waals surface area contributed by atoms with Crippen LogP contribution in [0.5, 0.6) is 0 Å². The number of rotatable bonds is 5. The summed E-state index contributed by atoms with van der Waals surface area (Å²) in [4.78, 5) is 12.7. The summed E-state index contributed by atoms with van der Waals surface area (Å²) in [6, 6.07) is 0.267. The van der Waals surface area contributed by atoms with Crippen molar-refractivity contribution >= 4 is 17.7 Å². The number of thioether (sulfide) groups is 1. The van der Waals surface area contributed by atoms with Crippen molar-refractivity contribution in [2.45, 2.75) is 75.8 Å². The van der Waals surface area contributed by atoms with E-state index < -0.39 is 5.54 Å². The Labute approximate surface area is 132 Å². The average molecular weight is 314 g/mol. The predicted octanol–water partition coefficient (Wildman–Crippen LogP) is 2.31. The van der Waals surface area contributed by atoms with Gasteiger partial charge in [0.2, 0.25) is 5.91 Å². The zero-order valence-corrected chi connectivity index (χ0v) is 14.6. The summed E-state index contributed by atoms with van der Waals surface area (Å²) in [5.41, 5.74) is 5.34. The molecule has 0 aromatic heterocycles. The molecule has 4 atom stereocenters. The van der Waals surface area contributed by atoms with Gasteiger partial charge in [-0.1, -0.05) is 26.7 Å². The van der Waals surface area contributed by atoms with Crippen molar-refractivity contribution in [1.29, 1.82) is 0 Å². The van der Waals surface area contributed by atoms with Gasteiger partial charge in [0, 0.05) is 29.7 Å². The average Bonchev–Trinajstić information content (AvgIpc) is 2.47. The summed E-state index contributed by atoms with van der Waals surface area (Å²) in [5, 5.41) is 3.77. The Morgan fingerprint density at radius 2 is 2.05 bits per heavy atom. The Morgan fingerprint density at radius 1 is 1.38 bits per heavy atom. The summed E-state index contributed by atoms with van der Waals surface area (Å²) < 4.78 is 5.71. The van der Waals surface area contributed by atoms with Crippen molar-refractivity contribution in [2.75, 3.05) is 12.9 Å². The van der Waals surface area contributed by atoms with Crippen molar-refractivity contribution in [1.82, 2.24) is 5.32 Å². The molecule has 0 aromatic rings. The van der Waals surface area contributed by atoms with Crippen LogP contribution in [0.1, 0.15) is 52.9 Å². The second-order valence-corrected chi connectivity index (χ2v) is 8.06. The third kappa shape index (κ3) is 2.97. The monoisotopic (exact) mass is 314 g/mol. The Morgan fingerprint density at radius 3 is 2.62 bits per heavy atom. The maximum atomic E-state index is 12.7. The molecule has 4 nitrogen and oxygen atoms in total. The molecule has 0 bridgehead atoms. The minimum absolute atomic E-state index is 0.00871. The second-order valence-electron chi connectivity index (χ2n) is 6.98. The lowest BCUT2D eigenvalue weighted by Crippen LogP contribution is -2.76. The maximum Gasteiger partial charge on any atom is 0.241 e. The van der Waals surface area contributed by atoms with E-state index in [0.717, 1.165) is 6.42 Å². The molecule has 21 heavy (non-hydrogen) atoms. The van der Waals surface area contributed by atoms with E-state index >= 15 is 0 Å². The van der Waals surface area contributed by atoms with Crippen LogP contribution in [0.15, 0.2) is 0 Å². The van der Waals surface area contributed by atoms with Crippen molar-refractivity contribution in [3.8, 4) is 0 Å². The number of hydrogen-bond donors (Lipinski definition) is 2. The summed E-state index contributed by atoms with van der Waals surface area (Å²) in [5.74, 6) is 0.00871. The van der Waals surface area contributed by atoms with Crippen LogP contribution >= 0.6 is 11.8 Å². The lowest BCUT2D eigenvalue weighted by Gasteiger charge is -2.58. The standard InChI is InChI=1S/C16H30N2O2S/c1-5-20-13-10-16(17,15(13,2)3)14(19)18-11-8-6-7-9-12(11)21-4/h11-13H,5-10,17H2,1-4H3,(H,18,19). The Hall–Kier alpha value is -0.260. The van der Waals surface area contributed by atoms with Crippen molar-refractivity contribution < 1.29 is 9.53 Å². The van der Waals surface area contributed by atoms with Crippen molar-refractivity contribution in [2.24, 2.45) is 11.1 Å². The molecule has 2 rings (SSSR count). The summed E-state index contributed by atoms with van der Waals surface area (Å²) in [6.45, 7) is 6.74. The van der Waals surface area contributed by atoms with Gasteiger partial charge < -0.3 is 15.8 Å². The summed E-state index contributed by atoms with van der Waals surface area (Å²) >= 11 is 1.86. The van der Waals surface area contributed by atoms with Crippen LogP contribution in [-0.4, -0.2) is 41.7 Å².